The molecule has 0 heterocycles. The summed E-state index contributed by atoms with van der Waals surface area (Å²) < 4.78 is 0. The summed E-state index contributed by atoms with van der Waals surface area (Å²) in [5, 5.41) is 6.18. The predicted molar refractivity (Wildman–Crippen MR) is 141 cm³/mol. The minimum Gasteiger partial charge on any atom is -0.354 e. The van der Waals surface area contributed by atoms with E-state index in [9.17, 15) is 9.59 Å². The minimum absolute atomic E-state index is 0.0643. The topological polar surface area (TPSA) is 49.4 Å². The Morgan fingerprint density at radius 3 is 2.41 bits per heavy atom. The van der Waals surface area contributed by atoms with Crippen LogP contribution in [0.5, 0.6) is 0 Å². The van der Waals surface area contributed by atoms with Gasteiger partial charge in [-0.3, -0.25) is 9.59 Å². The maximum absolute atomic E-state index is 13.5. The summed E-state index contributed by atoms with van der Waals surface area (Å²) in [4.78, 5) is 28.3. The second kappa shape index (κ2) is 12.2. The highest BCUT2D eigenvalue weighted by molar-refractivity contribution is 6.42. The minimum atomic E-state index is -0.562. The molecule has 0 unspecified atom stereocenters. The first kappa shape index (κ1) is 26.1. The summed E-state index contributed by atoms with van der Waals surface area (Å²) in [5.74, 6) is 0.132. The van der Waals surface area contributed by atoms with E-state index >= 15 is 0 Å². The molecular weight excluding hydrogens is 467 g/mol. The van der Waals surface area contributed by atoms with Crippen molar-refractivity contribution in [3.8, 4) is 0 Å². The van der Waals surface area contributed by atoms with Crippen molar-refractivity contribution in [2.24, 2.45) is 5.92 Å². The molecule has 3 rings (SSSR count). The van der Waals surface area contributed by atoms with Crippen LogP contribution >= 0.6 is 23.2 Å². The molecule has 34 heavy (non-hydrogen) atoms. The number of aryl methyl sites for hydroxylation is 1. The first-order chi connectivity index (χ1) is 16.3. The van der Waals surface area contributed by atoms with Crippen molar-refractivity contribution in [3.05, 3.63) is 81.8 Å². The van der Waals surface area contributed by atoms with Crippen LogP contribution in [0.3, 0.4) is 0 Å². The van der Waals surface area contributed by atoms with Gasteiger partial charge in [-0.1, -0.05) is 92.5 Å². The molecule has 3 aromatic rings. The van der Waals surface area contributed by atoms with Gasteiger partial charge in [0.05, 0.1) is 10.0 Å². The Labute approximate surface area is 212 Å². The van der Waals surface area contributed by atoms with Crippen LogP contribution in [0.1, 0.15) is 44.7 Å². The summed E-state index contributed by atoms with van der Waals surface area (Å²) in [6.07, 6.45) is 1.43. The van der Waals surface area contributed by atoms with E-state index in [4.69, 9.17) is 23.2 Å². The molecule has 0 aliphatic carbocycles. The maximum atomic E-state index is 13.5. The van der Waals surface area contributed by atoms with Crippen LogP contribution in [-0.2, 0) is 22.6 Å². The van der Waals surface area contributed by atoms with E-state index in [1.54, 1.807) is 17.0 Å². The molecule has 0 aliphatic heterocycles. The van der Waals surface area contributed by atoms with Crippen LogP contribution in [-0.4, -0.2) is 29.3 Å². The van der Waals surface area contributed by atoms with Crippen LogP contribution in [0.15, 0.2) is 60.7 Å². The van der Waals surface area contributed by atoms with Crippen molar-refractivity contribution < 1.29 is 9.59 Å². The number of amides is 2. The Hall–Kier alpha value is -2.56. The zero-order chi connectivity index (χ0) is 24.7. The van der Waals surface area contributed by atoms with E-state index in [1.807, 2.05) is 45.0 Å². The van der Waals surface area contributed by atoms with Gasteiger partial charge in [-0.25, -0.2) is 0 Å². The third kappa shape index (κ3) is 6.74. The number of carbonyl (C=O) groups is 2. The van der Waals surface area contributed by atoms with Crippen molar-refractivity contribution in [2.75, 3.05) is 6.54 Å². The third-order valence-corrected chi connectivity index (χ3v) is 6.63. The number of carbonyl (C=O) groups excluding carboxylic acids is 2. The Bertz CT molecular complexity index is 1140. The maximum Gasteiger partial charge on any atom is 0.242 e. The number of nitrogens with one attached hydrogen (secondary N) is 1. The quantitative estimate of drug-likeness (QED) is 0.339. The summed E-state index contributed by atoms with van der Waals surface area (Å²) in [7, 11) is 0. The normalized spacial score (nSPS) is 12.1. The van der Waals surface area contributed by atoms with Crippen molar-refractivity contribution in [1.82, 2.24) is 10.2 Å². The smallest absolute Gasteiger partial charge is 0.242 e. The molecule has 2 amide bonds. The van der Waals surface area contributed by atoms with Gasteiger partial charge in [-0.2, -0.15) is 0 Å². The van der Waals surface area contributed by atoms with E-state index in [-0.39, 0.29) is 11.8 Å². The number of halogens is 2. The van der Waals surface area contributed by atoms with E-state index < -0.39 is 6.04 Å². The molecule has 0 radical (unpaired) electrons. The lowest BCUT2D eigenvalue weighted by molar-refractivity contribution is -0.141. The van der Waals surface area contributed by atoms with Gasteiger partial charge in [0.15, 0.2) is 0 Å². The highest BCUT2D eigenvalue weighted by Crippen LogP contribution is 2.25. The second-order valence-electron chi connectivity index (χ2n) is 8.97. The lowest BCUT2D eigenvalue weighted by Crippen LogP contribution is -2.49. The number of hydrogen-bond donors (Lipinski definition) is 1. The Balaban J connectivity index is 1.83. The Morgan fingerprint density at radius 2 is 1.71 bits per heavy atom. The molecule has 0 fully saturated rings. The number of nitrogens with zero attached hydrogens (tertiary/aromatic N) is 1. The van der Waals surface area contributed by atoms with Crippen molar-refractivity contribution in [3.63, 3.8) is 0 Å². The van der Waals surface area contributed by atoms with Gasteiger partial charge in [0.25, 0.3) is 0 Å². The number of hydrogen-bond acceptors (Lipinski definition) is 2. The van der Waals surface area contributed by atoms with Gasteiger partial charge in [-0.05, 0) is 52.8 Å². The zero-order valence-electron chi connectivity index (χ0n) is 20.0. The third-order valence-electron chi connectivity index (χ3n) is 5.90. The van der Waals surface area contributed by atoms with Gasteiger partial charge in [0.2, 0.25) is 11.8 Å². The number of benzene rings is 3. The fourth-order valence-electron chi connectivity index (χ4n) is 4.07. The predicted octanol–water partition coefficient (Wildman–Crippen LogP) is 6.66. The lowest BCUT2D eigenvalue weighted by atomic mass is 10.00. The fraction of sp³-hybridized carbons (Fsp3) is 0.357. The molecule has 1 atom stereocenters. The number of fused-ring (bicyclic) bond motifs is 1. The molecule has 0 spiro atoms. The van der Waals surface area contributed by atoms with Gasteiger partial charge >= 0.3 is 0 Å². The molecule has 0 saturated heterocycles. The average molecular weight is 499 g/mol. The largest absolute Gasteiger partial charge is 0.354 e. The van der Waals surface area contributed by atoms with Crippen LogP contribution in [0.25, 0.3) is 10.8 Å². The molecule has 0 saturated carbocycles. The van der Waals surface area contributed by atoms with E-state index in [0.29, 0.717) is 48.3 Å². The van der Waals surface area contributed by atoms with Gasteiger partial charge in [0.1, 0.15) is 6.04 Å². The molecule has 0 aromatic heterocycles. The molecule has 6 heteroatoms. The standard InChI is InChI=1S/C28H32Cl2N2O2/c1-4-26(28(34)31-17-19(2)3)32(18-20-12-14-24(29)25(30)16-20)27(33)15-13-22-10-7-9-21-8-5-6-11-23(21)22/h5-12,14,16,19,26H,4,13,15,17-18H2,1-3H3,(H,31,34)/t26-/m0/s1. The van der Waals surface area contributed by atoms with Crippen LogP contribution in [0, 0.1) is 5.92 Å². The Morgan fingerprint density at radius 1 is 0.971 bits per heavy atom. The molecule has 0 aliphatic rings. The first-order valence-corrected chi connectivity index (χ1v) is 12.5. The number of rotatable bonds is 10. The zero-order valence-corrected chi connectivity index (χ0v) is 21.5. The molecule has 4 nitrogen and oxygen atoms in total. The Kier molecular flexibility index (Phi) is 9.37. The summed E-state index contributed by atoms with van der Waals surface area (Å²) in [6, 6.07) is 19.1. The van der Waals surface area contributed by atoms with Crippen molar-refractivity contribution in [2.45, 2.75) is 52.6 Å². The summed E-state index contributed by atoms with van der Waals surface area (Å²) >= 11 is 12.3. The fourth-order valence-corrected chi connectivity index (χ4v) is 4.39. The highest BCUT2D eigenvalue weighted by Gasteiger charge is 2.28. The summed E-state index contributed by atoms with van der Waals surface area (Å²) in [5.41, 5.74) is 1.96. The lowest BCUT2D eigenvalue weighted by Gasteiger charge is -2.31. The summed E-state index contributed by atoms with van der Waals surface area (Å²) in [6.45, 7) is 6.88. The van der Waals surface area contributed by atoms with Gasteiger partial charge < -0.3 is 10.2 Å². The average Bonchev–Trinajstić information content (AvgIpc) is 2.83. The van der Waals surface area contributed by atoms with Crippen LogP contribution in [0.4, 0.5) is 0 Å². The van der Waals surface area contributed by atoms with Gasteiger partial charge in [0, 0.05) is 19.5 Å². The van der Waals surface area contributed by atoms with Crippen LogP contribution < -0.4 is 5.32 Å². The van der Waals surface area contributed by atoms with E-state index in [0.717, 1.165) is 21.9 Å². The van der Waals surface area contributed by atoms with Gasteiger partial charge in [-0.15, -0.1) is 0 Å². The molecule has 3 aromatic carbocycles. The van der Waals surface area contributed by atoms with E-state index in [1.165, 1.54) is 0 Å². The second-order valence-corrected chi connectivity index (χ2v) is 9.79. The molecule has 0 bridgehead atoms. The monoisotopic (exact) mass is 498 g/mol. The highest BCUT2D eigenvalue weighted by atomic mass is 35.5. The van der Waals surface area contributed by atoms with E-state index in [2.05, 4.69) is 29.6 Å². The van der Waals surface area contributed by atoms with Crippen molar-refractivity contribution >= 4 is 45.8 Å². The SMILES string of the molecule is CC[C@@H](C(=O)NCC(C)C)N(Cc1ccc(Cl)c(Cl)c1)C(=O)CCc1cccc2ccccc12. The molecule has 180 valence electrons. The molecular formula is C28H32Cl2N2O2. The van der Waals surface area contributed by atoms with Crippen molar-refractivity contribution in [1.29, 1.82) is 0 Å². The first-order valence-electron chi connectivity index (χ1n) is 11.8. The van der Waals surface area contributed by atoms with Crippen LogP contribution in [0.2, 0.25) is 10.0 Å². The molecule has 1 N–H and O–H groups in total.